The zero-order chi connectivity index (χ0) is 19.3. The van der Waals surface area contributed by atoms with Crippen LogP contribution in [0.3, 0.4) is 0 Å². The van der Waals surface area contributed by atoms with Crippen LogP contribution in [0.2, 0.25) is 0 Å². The molecule has 4 heteroatoms. The molecule has 26 heavy (non-hydrogen) atoms. The number of allylic oxidation sites excluding steroid dienone is 2. The van der Waals surface area contributed by atoms with Crippen molar-refractivity contribution in [2.45, 2.75) is 67.2 Å². The van der Waals surface area contributed by atoms with Gasteiger partial charge in [-0.1, -0.05) is 41.5 Å². The molecule has 0 aromatic rings. The van der Waals surface area contributed by atoms with E-state index in [1.165, 1.54) is 0 Å². The molecule has 0 heterocycles. The summed E-state index contributed by atoms with van der Waals surface area (Å²) in [6, 6.07) is 0. The van der Waals surface area contributed by atoms with Crippen molar-refractivity contribution >= 4 is 11.6 Å². The zero-order valence-corrected chi connectivity index (χ0v) is 16.8. The average Bonchev–Trinajstić information content (AvgIpc) is 3.02. The van der Waals surface area contributed by atoms with E-state index in [0.29, 0.717) is 11.1 Å². The molecule has 142 valence electrons. The highest BCUT2D eigenvalue weighted by Crippen LogP contribution is 2.66. The van der Waals surface area contributed by atoms with E-state index < -0.39 is 0 Å². The maximum absolute atomic E-state index is 12.9. The molecule has 1 N–H and O–H groups in total. The second-order valence-corrected chi connectivity index (χ2v) is 10.5. The fraction of sp³-hybridized carbons (Fsp3) is 0.727. The molecule has 0 aliphatic heterocycles. The van der Waals surface area contributed by atoms with Crippen molar-refractivity contribution in [3.8, 4) is 0 Å². The lowest BCUT2D eigenvalue weighted by Gasteiger charge is -2.31. The summed E-state index contributed by atoms with van der Waals surface area (Å²) in [4.78, 5) is 25.9. The highest BCUT2D eigenvalue weighted by molar-refractivity contribution is 6.05. The largest absolute Gasteiger partial charge is 0.294 e. The van der Waals surface area contributed by atoms with Crippen LogP contribution < -0.4 is 0 Å². The second-order valence-electron chi connectivity index (χ2n) is 10.5. The first kappa shape index (κ1) is 18.0. The predicted octanol–water partition coefficient (Wildman–Crippen LogP) is 4.50. The van der Waals surface area contributed by atoms with E-state index in [1.807, 2.05) is 0 Å². The van der Waals surface area contributed by atoms with Gasteiger partial charge in [-0.2, -0.15) is 0 Å². The van der Waals surface area contributed by atoms with Gasteiger partial charge in [0.1, 0.15) is 0 Å². The number of Topliss-reactive ketones (excluding diaryl/α,β-unsaturated/α-hetero) is 2. The molecule has 4 rings (SSSR count). The molecule has 4 saturated carbocycles. The predicted molar refractivity (Wildman–Crippen MR) is 99.0 cm³/mol. The van der Waals surface area contributed by atoms with Gasteiger partial charge < -0.3 is 0 Å². The van der Waals surface area contributed by atoms with Gasteiger partial charge in [-0.15, -0.1) is 0 Å². The summed E-state index contributed by atoms with van der Waals surface area (Å²) in [6.45, 7) is 12.7. The van der Waals surface area contributed by atoms with Crippen molar-refractivity contribution in [2.24, 2.45) is 33.5 Å². The first-order valence-electron chi connectivity index (χ1n) is 9.88. The van der Waals surface area contributed by atoms with E-state index in [1.54, 1.807) is 12.4 Å². The maximum Gasteiger partial charge on any atom is 0.167 e. The van der Waals surface area contributed by atoms with Crippen LogP contribution in [0.15, 0.2) is 23.5 Å². The van der Waals surface area contributed by atoms with Gasteiger partial charge in [0, 0.05) is 34.4 Å². The monoisotopic (exact) mass is 357 g/mol. The summed E-state index contributed by atoms with van der Waals surface area (Å²) in [7, 11) is 0. The van der Waals surface area contributed by atoms with Gasteiger partial charge in [0.15, 0.2) is 11.6 Å². The van der Waals surface area contributed by atoms with Crippen LogP contribution in [0.5, 0.6) is 0 Å². The first-order chi connectivity index (χ1) is 11.9. The SMILES string of the molecule is CC12CCC(C(=CN(O)C=C3C(=O)C4(C)CCC3C4(C)C)C1=O)C2(C)C. The summed E-state index contributed by atoms with van der Waals surface area (Å²) in [5.41, 5.74) is 0.585. The van der Waals surface area contributed by atoms with Crippen molar-refractivity contribution in [3.63, 3.8) is 0 Å². The summed E-state index contributed by atoms with van der Waals surface area (Å²) in [5.74, 6) is 0.668. The maximum atomic E-state index is 12.9. The Labute approximate surface area is 156 Å². The highest BCUT2D eigenvalue weighted by Gasteiger charge is 2.65. The zero-order valence-electron chi connectivity index (χ0n) is 16.8. The third-order valence-corrected chi connectivity index (χ3v) is 9.27. The van der Waals surface area contributed by atoms with Gasteiger partial charge in [0.05, 0.1) is 0 Å². The van der Waals surface area contributed by atoms with Crippen molar-refractivity contribution in [1.29, 1.82) is 0 Å². The molecule has 4 unspecified atom stereocenters. The molecule has 0 aromatic heterocycles. The molecule has 0 amide bonds. The molecule has 4 fully saturated rings. The summed E-state index contributed by atoms with van der Waals surface area (Å²) < 4.78 is 0. The Hall–Kier alpha value is -1.42. The molecule has 0 saturated heterocycles. The Morgan fingerprint density at radius 1 is 0.808 bits per heavy atom. The summed E-state index contributed by atoms with van der Waals surface area (Å²) in [5, 5.41) is 11.5. The molecule has 4 aliphatic carbocycles. The fourth-order valence-corrected chi connectivity index (χ4v) is 6.48. The molecule has 4 atom stereocenters. The Bertz CT molecular complexity index is 710. The van der Waals surface area contributed by atoms with E-state index >= 15 is 0 Å². The first-order valence-corrected chi connectivity index (χ1v) is 9.88. The number of nitrogens with zero attached hydrogens (tertiary/aromatic N) is 1. The minimum atomic E-state index is -0.338. The molecule has 4 nitrogen and oxygen atoms in total. The molecular weight excluding hydrogens is 326 g/mol. The van der Waals surface area contributed by atoms with Gasteiger partial charge in [0.2, 0.25) is 0 Å². The Kier molecular flexibility index (Phi) is 3.38. The summed E-state index contributed by atoms with van der Waals surface area (Å²) in [6.07, 6.45) is 6.94. The van der Waals surface area contributed by atoms with E-state index in [2.05, 4.69) is 41.5 Å². The van der Waals surface area contributed by atoms with Crippen LogP contribution in [0.1, 0.15) is 67.2 Å². The number of hydrogen-bond acceptors (Lipinski definition) is 4. The number of ketones is 2. The fourth-order valence-electron chi connectivity index (χ4n) is 6.48. The number of fused-ring (bicyclic) bond motifs is 4. The number of carbonyl (C=O) groups is 2. The minimum Gasteiger partial charge on any atom is -0.294 e. The quantitative estimate of drug-likeness (QED) is 0.584. The van der Waals surface area contributed by atoms with Crippen LogP contribution in [-0.2, 0) is 9.59 Å². The van der Waals surface area contributed by atoms with E-state index in [9.17, 15) is 14.8 Å². The van der Waals surface area contributed by atoms with Gasteiger partial charge in [-0.05, 0) is 48.3 Å². The van der Waals surface area contributed by atoms with Crippen molar-refractivity contribution < 1.29 is 14.8 Å². The smallest absolute Gasteiger partial charge is 0.167 e. The van der Waals surface area contributed by atoms with Gasteiger partial charge in [-0.25, -0.2) is 5.06 Å². The third kappa shape index (κ3) is 1.79. The second kappa shape index (κ2) is 4.89. The van der Waals surface area contributed by atoms with Crippen LogP contribution in [0.25, 0.3) is 0 Å². The normalized spacial score (nSPS) is 45.3. The average molecular weight is 357 g/mol. The van der Waals surface area contributed by atoms with E-state index in [-0.39, 0.29) is 45.1 Å². The Balaban J connectivity index is 1.66. The topological polar surface area (TPSA) is 57.6 Å². The standard InChI is InChI=1S/C22H31NO3/c1-19(2)15-7-9-21(19,5)17(24)13(15)11-23(26)12-14-16-8-10-22(6,18(14)25)20(16,3)4/h11-12,15-16,26H,7-10H2,1-6H3. The molecule has 0 radical (unpaired) electrons. The number of hydrogen-bond donors (Lipinski definition) is 1. The third-order valence-electron chi connectivity index (χ3n) is 9.27. The van der Waals surface area contributed by atoms with Crippen LogP contribution in [-0.4, -0.2) is 21.8 Å². The minimum absolute atomic E-state index is 0.0817. The van der Waals surface area contributed by atoms with E-state index in [0.717, 1.165) is 30.7 Å². The number of carbonyl (C=O) groups excluding carboxylic acids is 2. The van der Waals surface area contributed by atoms with Crippen LogP contribution >= 0.6 is 0 Å². The van der Waals surface area contributed by atoms with Crippen molar-refractivity contribution in [2.75, 3.05) is 0 Å². The lowest BCUT2D eigenvalue weighted by molar-refractivity contribution is -0.126. The Morgan fingerprint density at radius 2 is 1.15 bits per heavy atom. The molecular formula is C22H31NO3. The molecule has 4 bridgehead atoms. The highest BCUT2D eigenvalue weighted by atomic mass is 16.5. The van der Waals surface area contributed by atoms with Crippen LogP contribution in [0.4, 0.5) is 0 Å². The van der Waals surface area contributed by atoms with Gasteiger partial charge >= 0.3 is 0 Å². The van der Waals surface area contributed by atoms with Crippen molar-refractivity contribution in [1.82, 2.24) is 5.06 Å². The van der Waals surface area contributed by atoms with Crippen molar-refractivity contribution in [3.05, 3.63) is 23.5 Å². The lowest BCUT2D eigenvalue weighted by atomic mass is 9.70. The van der Waals surface area contributed by atoms with E-state index in [4.69, 9.17) is 0 Å². The Morgan fingerprint density at radius 3 is 1.42 bits per heavy atom. The summed E-state index contributed by atoms with van der Waals surface area (Å²) >= 11 is 0. The molecule has 4 aliphatic rings. The van der Waals surface area contributed by atoms with Gasteiger partial charge in [0.25, 0.3) is 0 Å². The molecule has 0 aromatic carbocycles. The lowest BCUT2D eigenvalue weighted by Crippen LogP contribution is -2.32. The number of hydroxylamine groups is 2. The van der Waals surface area contributed by atoms with Crippen LogP contribution in [0, 0.1) is 33.5 Å². The number of rotatable bonds is 2. The molecule has 0 spiro atoms. The van der Waals surface area contributed by atoms with Gasteiger partial charge in [-0.3, -0.25) is 14.8 Å².